The zero-order valence-corrected chi connectivity index (χ0v) is 10.3. The van der Waals surface area contributed by atoms with Crippen molar-refractivity contribution >= 4 is 0 Å². The van der Waals surface area contributed by atoms with E-state index < -0.39 is 0 Å². The van der Waals surface area contributed by atoms with Crippen LogP contribution in [0.5, 0.6) is 0 Å². The predicted molar refractivity (Wildman–Crippen MR) is 62.2 cm³/mol. The normalized spacial score (nSPS) is 23.4. The summed E-state index contributed by atoms with van der Waals surface area (Å²) in [5.74, 6) is 0. The zero-order valence-electron chi connectivity index (χ0n) is 10.3. The van der Waals surface area contributed by atoms with Gasteiger partial charge in [0.15, 0.2) is 0 Å². The van der Waals surface area contributed by atoms with E-state index in [0.29, 0.717) is 6.04 Å². The molecule has 1 aliphatic rings. The molecule has 1 rings (SSSR count). The van der Waals surface area contributed by atoms with Gasteiger partial charge in [0, 0.05) is 14.2 Å². The first-order valence-electron chi connectivity index (χ1n) is 6.00. The van der Waals surface area contributed by atoms with Gasteiger partial charge in [-0.05, 0) is 19.9 Å². The molecule has 15 heavy (non-hydrogen) atoms. The SMILES string of the molecule is CNC(COC)C1(OC)CCCCCC1. The van der Waals surface area contributed by atoms with E-state index in [1.807, 2.05) is 14.2 Å². The number of likely N-dealkylation sites (N-methyl/N-ethyl adjacent to an activating group) is 1. The lowest BCUT2D eigenvalue weighted by atomic mass is 9.86. The molecule has 0 aromatic rings. The quantitative estimate of drug-likeness (QED) is 0.711. The first-order chi connectivity index (χ1) is 7.29. The van der Waals surface area contributed by atoms with Crippen LogP contribution in [0.3, 0.4) is 0 Å². The van der Waals surface area contributed by atoms with Gasteiger partial charge in [0.05, 0.1) is 18.2 Å². The summed E-state index contributed by atoms with van der Waals surface area (Å²) < 4.78 is 11.1. The van der Waals surface area contributed by atoms with E-state index in [-0.39, 0.29) is 5.60 Å². The number of rotatable bonds is 5. The van der Waals surface area contributed by atoms with Gasteiger partial charge in [-0.25, -0.2) is 0 Å². The minimum Gasteiger partial charge on any atom is -0.383 e. The fourth-order valence-corrected chi connectivity index (χ4v) is 2.69. The molecule has 0 radical (unpaired) electrons. The van der Waals surface area contributed by atoms with Gasteiger partial charge in [0.1, 0.15) is 0 Å². The second-order valence-corrected chi connectivity index (χ2v) is 4.48. The number of nitrogens with one attached hydrogen (secondary N) is 1. The molecular formula is C12H25NO2. The van der Waals surface area contributed by atoms with Crippen LogP contribution in [0.25, 0.3) is 0 Å². The average molecular weight is 215 g/mol. The third-order valence-electron chi connectivity index (χ3n) is 3.67. The molecule has 1 aliphatic carbocycles. The summed E-state index contributed by atoms with van der Waals surface area (Å²) in [4.78, 5) is 0. The van der Waals surface area contributed by atoms with Gasteiger partial charge in [-0.15, -0.1) is 0 Å². The Kier molecular flexibility index (Phi) is 5.58. The highest BCUT2D eigenvalue weighted by molar-refractivity contribution is 4.93. The van der Waals surface area contributed by atoms with Crippen LogP contribution in [0, 0.1) is 0 Å². The maximum absolute atomic E-state index is 5.82. The van der Waals surface area contributed by atoms with Gasteiger partial charge >= 0.3 is 0 Å². The Hall–Kier alpha value is -0.120. The highest BCUT2D eigenvalue weighted by Gasteiger charge is 2.38. The molecule has 1 N–H and O–H groups in total. The Morgan fingerprint density at radius 2 is 1.73 bits per heavy atom. The van der Waals surface area contributed by atoms with Gasteiger partial charge in [0.2, 0.25) is 0 Å². The number of ether oxygens (including phenoxy) is 2. The van der Waals surface area contributed by atoms with Crippen molar-refractivity contribution in [3.8, 4) is 0 Å². The Labute approximate surface area is 93.5 Å². The maximum Gasteiger partial charge on any atom is 0.0853 e. The van der Waals surface area contributed by atoms with Gasteiger partial charge in [-0.2, -0.15) is 0 Å². The Morgan fingerprint density at radius 3 is 2.13 bits per heavy atom. The summed E-state index contributed by atoms with van der Waals surface area (Å²) in [6.07, 6.45) is 7.53. The van der Waals surface area contributed by atoms with Crippen molar-refractivity contribution in [2.45, 2.75) is 50.2 Å². The molecule has 3 heteroatoms. The minimum absolute atomic E-state index is 0.0126. The zero-order chi connectivity index (χ0) is 11.1. The summed E-state index contributed by atoms with van der Waals surface area (Å²) in [5, 5.41) is 3.34. The standard InChI is InChI=1S/C12H25NO2/c1-13-11(10-14-2)12(15-3)8-6-4-5-7-9-12/h11,13H,4-10H2,1-3H3. The third-order valence-corrected chi connectivity index (χ3v) is 3.67. The second kappa shape index (κ2) is 6.46. The van der Waals surface area contributed by atoms with Crippen molar-refractivity contribution in [1.82, 2.24) is 5.32 Å². The highest BCUT2D eigenvalue weighted by atomic mass is 16.5. The molecule has 1 atom stereocenters. The van der Waals surface area contributed by atoms with Crippen molar-refractivity contribution < 1.29 is 9.47 Å². The van der Waals surface area contributed by atoms with Crippen molar-refractivity contribution in [3.05, 3.63) is 0 Å². The summed E-state index contributed by atoms with van der Waals surface area (Å²) in [5.41, 5.74) is -0.0126. The van der Waals surface area contributed by atoms with E-state index in [1.165, 1.54) is 25.7 Å². The fraction of sp³-hybridized carbons (Fsp3) is 1.00. The Bertz CT molecular complexity index is 165. The van der Waals surface area contributed by atoms with Gasteiger partial charge in [0.25, 0.3) is 0 Å². The molecule has 1 unspecified atom stereocenters. The van der Waals surface area contributed by atoms with E-state index in [0.717, 1.165) is 19.4 Å². The molecule has 0 saturated heterocycles. The lowest BCUT2D eigenvalue weighted by molar-refractivity contribution is -0.0676. The molecule has 0 heterocycles. The van der Waals surface area contributed by atoms with Crippen LogP contribution in [-0.4, -0.2) is 39.5 Å². The summed E-state index contributed by atoms with van der Waals surface area (Å²) in [7, 11) is 5.59. The van der Waals surface area contributed by atoms with Crippen LogP contribution in [0.4, 0.5) is 0 Å². The molecule has 0 bridgehead atoms. The molecule has 0 spiro atoms. The molecule has 3 nitrogen and oxygen atoms in total. The summed E-state index contributed by atoms with van der Waals surface area (Å²) in [6.45, 7) is 0.727. The second-order valence-electron chi connectivity index (χ2n) is 4.48. The van der Waals surface area contributed by atoms with Crippen molar-refractivity contribution in [2.24, 2.45) is 0 Å². The van der Waals surface area contributed by atoms with Crippen LogP contribution in [-0.2, 0) is 9.47 Å². The third kappa shape index (κ3) is 3.16. The van der Waals surface area contributed by atoms with E-state index in [9.17, 15) is 0 Å². The van der Waals surface area contributed by atoms with Gasteiger partial charge in [-0.3, -0.25) is 0 Å². The van der Waals surface area contributed by atoms with Crippen LogP contribution in [0.1, 0.15) is 38.5 Å². The van der Waals surface area contributed by atoms with E-state index >= 15 is 0 Å². The average Bonchev–Trinajstić information content (AvgIpc) is 2.52. The van der Waals surface area contributed by atoms with Crippen molar-refractivity contribution in [2.75, 3.05) is 27.9 Å². The first kappa shape index (κ1) is 12.9. The molecule has 90 valence electrons. The van der Waals surface area contributed by atoms with E-state index in [1.54, 1.807) is 7.11 Å². The van der Waals surface area contributed by atoms with Gasteiger partial charge in [-0.1, -0.05) is 25.7 Å². The molecule has 1 saturated carbocycles. The van der Waals surface area contributed by atoms with Crippen LogP contribution >= 0.6 is 0 Å². The molecule has 1 fully saturated rings. The smallest absolute Gasteiger partial charge is 0.0853 e. The molecule has 0 aromatic carbocycles. The van der Waals surface area contributed by atoms with E-state index in [4.69, 9.17) is 9.47 Å². The maximum atomic E-state index is 5.82. The van der Waals surface area contributed by atoms with Crippen LogP contribution in [0.2, 0.25) is 0 Å². The molecular weight excluding hydrogens is 190 g/mol. The van der Waals surface area contributed by atoms with Crippen LogP contribution in [0.15, 0.2) is 0 Å². The highest BCUT2D eigenvalue weighted by Crippen LogP contribution is 2.33. The first-order valence-corrected chi connectivity index (χ1v) is 6.00. The predicted octanol–water partition coefficient (Wildman–Crippen LogP) is 1.96. The number of hydrogen-bond donors (Lipinski definition) is 1. The lowest BCUT2D eigenvalue weighted by Gasteiger charge is -2.38. The summed E-state index contributed by atoms with van der Waals surface area (Å²) >= 11 is 0. The Morgan fingerprint density at radius 1 is 1.13 bits per heavy atom. The molecule has 0 aromatic heterocycles. The molecule has 0 aliphatic heterocycles. The molecule has 0 amide bonds. The minimum atomic E-state index is -0.0126. The monoisotopic (exact) mass is 215 g/mol. The van der Waals surface area contributed by atoms with Crippen LogP contribution < -0.4 is 5.32 Å². The van der Waals surface area contributed by atoms with E-state index in [2.05, 4.69) is 5.32 Å². The largest absolute Gasteiger partial charge is 0.383 e. The fourth-order valence-electron chi connectivity index (χ4n) is 2.69. The topological polar surface area (TPSA) is 30.5 Å². The number of methoxy groups -OCH3 is 2. The Balaban J connectivity index is 2.69. The lowest BCUT2D eigenvalue weighted by Crippen LogP contribution is -2.53. The van der Waals surface area contributed by atoms with Crippen molar-refractivity contribution in [3.63, 3.8) is 0 Å². The summed E-state index contributed by atoms with van der Waals surface area (Å²) in [6, 6.07) is 0.311. The van der Waals surface area contributed by atoms with Gasteiger partial charge < -0.3 is 14.8 Å². The van der Waals surface area contributed by atoms with Crippen molar-refractivity contribution in [1.29, 1.82) is 0 Å². The number of hydrogen-bond acceptors (Lipinski definition) is 3.